The number of fused-ring (bicyclic) bond motifs is 1. The highest BCUT2D eigenvalue weighted by Gasteiger charge is 2.53. The number of hydrogen-bond donors (Lipinski definition) is 1. The average molecular weight is 327 g/mol. The van der Waals surface area contributed by atoms with E-state index in [-0.39, 0.29) is 0 Å². The van der Waals surface area contributed by atoms with Gasteiger partial charge >= 0.3 is 0 Å². The van der Waals surface area contributed by atoms with Gasteiger partial charge in [0.2, 0.25) is 0 Å². The second-order valence-corrected chi connectivity index (χ2v) is 13.0. The molecule has 3 heteroatoms. The Bertz CT molecular complexity index is 347. The maximum Gasteiger partial charge on any atom is 0.192 e. The molecule has 0 bridgehead atoms. The summed E-state index contributed by atoms with van der Waals surface area (Å²) in [5.41, 5.74) is 0.403. The van der Waals surface area contributed by atoms with Crippen LogP contribution < -0.4 is 0 Å². The minimum absolute atomic E-state index is 0.343. The number of aliphatic hydroxyl groups excluding tert-OH is 1. The Morgan fingerprint density at radius 3 is 2.32 bits per heavy atom. The molecule has 22 heavy (non-hydrogen) atoms. The first-order valence-corrected chi connectivity index (χ1v) is 12.3. The smallest absolute Gasteiger partial charge is 0.192 e. The zero-order chi connectivity index (χ0) is 16.4. The summed E-state index contributed by atoms with van der Waals surface area (Å²) in [6.07, 6.45) is 7.04. The quantitative estimate of drug-likeness (QED) is 0.650. The van der Waals surface area contributed by atoms with Crippen molar-refractivity contribution in [1.82, 2.24) is 0 Å². The molecular formula is C19H38O2Si. The number of rotatable bonds is 7. The van der Waals surface area contributed by atoms with Crippen molar-refractivity contribution < 1.29 is 9.53 Å². The zero-order valence-electron chi connectivity index (χ0n) is 15.5. The van der Waals surface area contributed by atoms with Gasteiger partial charge in [0.1, 0.15) is 0 Å². The topological polar surface area (TPSA) is 29.5 Å². The molecule has 0 amide bonds. The first-order valence-electron chi connectivity index (χ1n) is 9.75. The Kier molecular flexibility index (Phi) is 6.18. The molecule has 0 aromatic rings. The summed E-state index contributed by atoms with van der Waals surface area (Å²) in [6, 6.07) is 3.78. The Balaban J connectivity index is 2.16. The van der Waals surface area contributed by atoms with Gasteiger partial charge in [-0.3, -0.25) is 0 Å². The molecule has 5 atom stereocenters. The van der Waals surface area contributed by atoms with Crippen LogP contribution in [0.2, 0.25) is 18.1 Å². The second-order valence-electron chi connectivity index (χ2n) is 8.25. The summed E-state index contributed by atoms with van der Waals surface area (Å²) in [4.78, 5) is 0. The standard InChI is InChI=1S/C19H38O2Si/c1-6-22(7-2,8-3)21-18-10-9-13-19(5)16(15(4)14-20)11-12-17(18)19/h15-18,20H,6-14H2,1-5H3/t15?,16-,17+,18+,19-/m1/s1. The van der Waals surface area contributed by atoms with E-state index in [0.29, 0.717) is 30.0 Å². The van der Waals surface area contributed by atoms with Crippen molar-refractivity contribution in [1.29, 1.82) is 0 Å². The summed E-state index contributed by atoms with van der Waals surface area (Å²) < 4.78 is 6.94. The Hall–Kier alpha value is 0.137. The number of hydrogen-bond acceptors (Lipinski definition) is 2. The molecule has 2 rings (SSSR count). The molecule has 1 N–H and O–H groups in total. The van der Waals surface area contributed by atoms with Gasteiger partial charge in [0.05, 0.1) is 0 Å². The molecule has 2 aliphatic rings. The summed E-state index contributed by atoms with van der Waals surface area (Å²) in [5, 5.41) is 9.64. The molecule has 0 aliphatic heterocycles. The van der Waals surface area contributed by atoms with Crippen molar-refractivity contribution in [3.8, 4) is 0 Å². The average Bonchev–Trinajstić information content (AvgIpc) is 2.90. The van der Waals surface area contributed by atoms with Crippen LogP contribution in [0.1, 0.15) is 66.7 Å². The van der Waals surface area contributed by atoms with Gasteiger partial charge in [0.15, 0.2) is 8.32 Å². The minimum Gasteiger partial charge on any atom is -0.414 e. The second kappa shape index (κ2) is 7.35. The fourth-order valence-corrected chi connectivity index (χ4v) is 8.61. The van der Waals surface area contributed by atoms with Gasteiger partial charge in [0, 0.05) is 12.7 Å². The summed E-state index contributed by atoms with van der Waals surface area (Å²) in [7, 11) is -1.50. The molecular weight excluding hydrogens is 288 g/mol. The van der Waals surface area contributed by atoms with Crippen LogP contribution in [-0.2, 0) is 4.43 Å². The van der Waals surface area contributed by atoms with E-state index in [1.54, 1.807) is 0 Å². The molecule has 0 aromatic heterocycles. The molecule has 0 radical (unpaired) electrons. The third-order valence-corrected chi connectivity index (χ3v) is 12.1. The van der Waals surface area contributed by atoms with Gasteiger partial charge in [0.25, 0.3) is 0 Å². The largest absolute Gasteiger partial charge is 0.414 e. The zero-order valence-corrected chi connectivity index (χ0v) is 16.5. The molecule has 0 spiro atoms. The van der Waals surface area contributed by atoms with Crippen molar-refractivity contribution in [2.45, 2.75) is 91.0 Å². The van der Waals surface area contributed by atoms with E-state index in [4.69, 9.17) is 4.43 Å². The molecule has 0 saturated heterocycles. The van der Waals surface area contributed by atoms with Crippen molar-refractivity contribution >= 4 is 8.32 Å². The molecule has 0 heterocycles. The highest BCUT2D eigenvalue weighted by molar-refractivity contribution is 6.73. The van der Waals surface area contributed by atoms with Crippen molar-refractivity contribution in [2.24, 2.45) is 23.2 Å². The van der Waals surface area contributed by atoms with Crippen LogP contribution in [0.25, 0.3) is 0 Å². The Morgan fingerprint density at radius 2 is 1.77 bits per heavy atom. The van der Waals surface area contributed by atoms with E-state index >= 15 is 0 Å². The first kappa shape index (κ1) is 18.5. The van der Waals surface area contributed by atoms with Crippen LogP contribution in [0.5, 0.6) is 0 Å². The third-order valence-electron chi connectivity index (χ3n) is 7.44. The van der Waals surface area contributed by atoms with Crippen molar-refractivity contribution in [2.75, 3.05) is 6.61 Å². The Labute approximate surface area is 139 Å². The van der Waals surface area contributed by atoms with Crippen LogP contribution in [-0.4, -0.2) is 26.1 Å². The van der Waals surface area contributed by atoms with Gasteiger partial charge in [-0.05, 0) is 67.0 Å². The van der Waals surface area contributed by atoms with Crippen LogP contribution in [0, 0.1) is 23.2 Å². The lowest BCUT2D eigenvalue weighted by Gasteiger charge is -2.48. The van der Waals surface area contributed by atoms with Gasteiger partial charge in [-0.2, -0.15) is 0 Å². The van der Waals surface area contributed by atoms with Crippen molar-refractivity contribution in [3.05, 3.63) is 0 Å². The predicted molar refractivity (Wildman–Crippen MR) is 96.5 cm³/mol. The maximum atomic E-state index is 9.64. The van der Waals surface area contributed by atoms with Crippen LogP contribution >= 0.6 is 0 Å². The molecule has 2 aliphatic carbocycles. The summed E-state index contributed by atoms with van der Waals surface area (Å²) >= 11 is 0. The lowest BCUT2D eigenvalue weighted by molar-refractivity contribution is -0.0251. The van der Waals surface area contributed by atoms with Crippen LogP contribution in [0.15, 0.2) is 0 Å². The monoisotopic (exact) mass is 326 g/mol. The fraction of sp³-hybridized carbons (Fsp3) is 1.00. The van der Waals surface area contributed by atoms with Gasteiger partial charge in [-0.15, -0.1) is 0 Å². The van der Waals surface area contributed by atoms with E-state index in [1.807, 2.05) is 0 Å². The van der Waals surface area contributed by atoms with E-state index in [1.165, 1.54) is 50.2 Å². The van der Waals surface area contributed by atoms with Crippen LogP contribution in [0.4, 0.5) is 0 Å². The summed E-state index contributed by atoms with van der Waals surface area (Å²) in [6.45, 7) is 12.1. The SMILES string of the molecule is CC[Si](CC)(CC)O[C@H]1CCC[C@]2(C)[C@@H](C(C)CO)CC[C@@H]12. The predicted octanol–water partition coefficient (Wildman–Crippen LogP) is 5.22. The van der Waals surface area contributed by atoms with E-state index in [0.717, 1.165) is 5.92 Å². The van der Waals surface area contributed by atoms with Gasteiger partial charge in [-0.1, -0.05) is 41.0 Å². The van der Waals surface area contributed by atoms with Crippen molar-refractivity contribution in [3.63, 3.8) is 0 Å². The highest BCUT2D eigenvalue weighted by atomic mass is 28.4. The molecule has 0 aromatic carbocycles. The normalized spacial score (nSPS) is 37.1. The van der Waals surface area contributed by atoms with E-state index in [2.05, 4.69) is 34.6 Å². The van der Waals surface area contributed by atoms with Crippen LogP contribution in [0.3, 0.4) is 0 Å². The molecule has 2 saturated carbocycles. The minimum atomic E-state index is -1.50. The maximum absolute atomic E-state index is 9.64. The molecule has 2 nitrogen and oxygen atoms in total. The van der Waals surface area contributed by atoms with E-state index in [9.17, 15) is 5.11 Å². The fourth-order valence-electron chi connectivity index (χ4n) is 5.68. The Morgan fingerprint density at radius 1 is 1.14 bits per heavy atom. The first-order chi connectivity index (χ1) is 10.5. The lowest BCUT2D eigenvalue weighted by Crippen LogP contribution is -2.48. The number of aliphatic hydroxyl groups is 1. The van der Waals surface area contributed by atoms with Gasteiger partial charge < -0.3 is 9.53 Å². The highest BCUT2D eigenvalue weighted by Crippen LogP contribution is 2.58. The van der Waals surface area contributed by atoms with E-state index < -0.39 is 8.32 Å². The third kappa shape index (κ3) is 3.18. The lowest BCUT2D eigenvalue weighted by atomic mass is 9.62. The molecule has 130 valence electrons. The molecule has 1 unspecified atom stereocenters. The van der Waals surface area contributed by atoms with Gasteiger partial charge in [-0.25, -0.2) is 0 Å². The molecule has 2 fully saturated rings. The summed E-state index contributed by atoms with van der Waals surface area (Å²) in [5.74, 6) is 1.87.